The maximum Gasteiger partial charge on any atom is 0.340 e. The van der Waals surface area contributed by atoms with Gasteiger partial charge in [0.25, 0.3) is 0 Å². The van der Waals surface area contributed by atoms with Gasteiger partial charge in [0.2, 0.25) is 11.8 Å². The number of halogens is 1. The lowest BCUT2D eigenvalue weighted by Crippen LogP contribution is -2.82. The third-order valence-electron chi connectivity index (χ3n) is 14.5. The molecule has 300 valence electrons. The number of hydrogen-bond acceptors (Lipinski definition) is 15. The van der Waals surface area contributed by atoms with Crippen LogP contribution in [0.4, 0.5) is 5.69 Å². The van der Waals surface area contributed by atoms with Crippen LogP contribution in [0.1, 0.15) is 56.3 Å². The molecule has 1 spiro atoms. The summed E-state index contributed by atoms with van der Waals surface area (Å²) < 4.78 is 64.1. The van der Waals surface area contributed by atoms with Gasteiger partial charge in [0.05, 0.1) is 63.2 Å². The second-order valence-corrected chi connectivity index (χ2v) is 17.1. The molecule has 16 nitrogen and oxygen atoms in total. The lowest BCUT2D eigenvalue weighted by Gasteiger charge is -2.70. The van der Waals surface area contributed by atoms with Gasteiger partial charge < -0.3 is 33.9 Å². The van der Waals surface area contributed by atoms with E-state index in [4.69, 9.17) is 42.3 Å². The molecular weight excluding hydrogens is 732 g/mol. The number of fused-ring (bicyclic) bond motifs is 2. The van der Waals surface area contributed by atoms with E-state index < -0.39 is 56.3 Å². The highest BCUT2D eigenvalue weighted by Crippen LogP contribution is 2.80. The van der Waals surface area contributed by atoms with Crippen LogP contribution in [-0.2, 0) is 33.3 Å². The fraction of sp³-hybridized carbons (Fsp3) is 0.757. The largest absolute Gasteiger partial charge is 0.461 e. The molecule has 54 heavy (non-hydrogen) atoms. The molecule has 1 aromatic rings. The van der Waals surface area contributed by atoms with Crippen LogP contribution in [0.5, 0.6) is 0 Å². The number of hydrogen-bond donors (Lipinski definition) is 3. The average Bonchev–Trinajstić information content (AvgIpc) is 3.65. The molecule has 2 heterocycles. The first kappa shape index (κ1) is 39.9. The van der Waals surface area contributed by atoms with E-state index in [0.717, 1.165) is 11.3 Å². The lowest BCUT2D eigenvalue weighted by molar-refractivity contribution is -1.92. The number of carbonyl (C=O) groups excluding carboxylic acids is 3. The van der Waals surface area contributed by atoms with Crippen LogP contribution in [0.15, 0.2) is 24.3 Å². The van der Waals surface area contributed by atoms with Crippen LogP contribution in [0.2, 0.25) is 0 Å². The summed E-state index contributed by atoms with van der Waals surface area (Å²) in [4.78, 5) is 43.3. The Morgan fingerprint density at radius 3 is 2.30 bits per heavy atom. The molecule has 7 aliphatic rings. The molecule has 4 unspecified atom stereocenters. The summed E-state index contributed by atoms with van der Waals surface area (Å²) in [6, 6.07) is 6.12. The Morgan fingerprint density at radius 1 is 1.04 bits per heavy atom. The summed E-state index contributed by atoms with van der Waals surface area (Å²) in [7, 11) is 2.01. The Hall–Kier alpha value is -2.32. The van der Waals surface area contributed by atoms with Gasteiger partial charge in [-0.1, -0.05) is 26.0 Å². The van der Waals surface area contributed by atoms with Gasteiger partial charge in [-0.2, -0.15) is 14.0 Å². The molecule has 1 aromatic carbocycles. The number of rotatable bonds is 9. The van der Waals surface area contributed by atoms with E-state index in [1.807, 2.05) is 0 Å². The molecule has 8 rings (SSSR count). The van der Waals surface area contributed by atoms with Crippen molar-refractivity contribution in [1.29, 1.82) is 0 Å². The van der Waals surface area contributed by atoms with Crippen LogP contribution in [0.25, 0.3) is 0 Å². The predicted molar refractivity (Wildman–Crippen MR) is 177 cm³/mol. The topological polar surface area (TPSA) is 234 Å². The summed E-state index contributed by atoms with van der Waals surface area (Å²) in [5, 5.41) is 26.6. The number of para-hydroxylation sites is 1. The van der Waals surface area contributed by atoms with Crippen molar-refractivity contribution in [3.05, 3.63) is 29.8 Å². The number of likely N-dealkylation sites (tertiary alicyclic amines) is 1. The van der Waals surface area contributed by atoms with Crippen molar-refractivity contribution >= 4 is 23.5 Å². The smallest absolute Gasteiger partial charge is 0.340 e. The van der Waals surface area contributed by atoms with Crippen molar-refractivity contribution < 1.29 is 77.2 Å². The number of benzene rings is 1. The summed E-state index contributed by atoms with van der Waals surface area (Å²) in [6.07, 6.45) is 0.813. The zero-order chi connectivity index (χ0) is 39.3. The summed E-state index contributed by atoms with van der Waals surface area (Å²) in [5.74, 6) is -2.47. The van der Waals surface area contributed by atoms with Gasteiger partial charge in [0, 0.05) is 82.3 Å². The van der Waals surface area contributed by atoms with E-state index in [-0.39, 0.29) is 84.5 Å². The highest BCUT2D eigenvalue weighted by atomic mass is 35.7. The number of amides is 2. The number of nitrogens with zero attached hydrogens (tertiary/aromatic N) is 2. The molecule has 0 aromatic heterocycles. The molecular formula is C37H51ClN2O14. The number of piperidine rings is 1. The van der Waals surface area contributed by atoms with Crippen LogP contribution in [0, 0.1) is 50.7 Å². The Morgan fingerprint density at radius 2 is 1.72 bits per heavy atom. The molecule has 7 bridgehead atoms. The number of anilines is 1. The van der Waals surface area contributed by atoms with Crippen molar-refractivity contribution in [1.82, 2.24) is 4.90 Å². The molecule has 5 aliphatic carbocycles. The van der Waals surface area contributed by atoms with Gasteiger partial charge in [-0.25, -0.2) is 9.69 Å². The van der Waals surface area contributed by atoms with E-state index >= 15 is 0 Å². The highest BCUT2D eigenvalue weighted by Gasteiger charge is 2.91. The number of ether oxygens (including phenoxy) is 5. The third kappa shape index (κ3) is 5.25. The second kappa shape index (κ2) is 13.7. The Labute approximate surface area is 316 Å². The molecule has 2 saturated heterocycles. The van der Waals surface area contributed by atoms with Gasteiger partial charge in [-0.15, -0.1) is 0 Å². The Bertz CT molecular complexity index is 1660. The monoisotopic (exact) mass is 782 g/mol. The Kier molecular flexibility index (Phi) is 10.1. The molecule has 14 atom stereocenters. The molecule has 7 fully saturated rings. The number of imide groups is 1. The zero-order valence-corrected chi connectivity index (χ0v) is 32.1. The first-order valence-corrected chi connectivity index (χ1v) is 19.8. The maximum atomic E-state index is 14.1. The van der Waals surface area contributed by atoms with Crippen LogP contribution in [0.3, 0.4) is 0 Å². The van der Waals surface area contributed by atoms with Gasteiger partial charge >= 0.3 is 5.97 Å². The van der Waals surface area contributed by atoms with Crippen LogP contribution in [-0.4, -0.2) is 127 Å². The number of carbonyl (C=O) groups is 3. The molecule has 5 saturated carbocycles. The van der Waals surface area contributed by atoms with Gasteiger partial charge in [0.1, 0.15) is 11.2 Å². The quantitative estimate of drug-likeness (QED) is 0.180. The van der Waals surface area contributed by atoms with Crippen molar-refractivity contribution in [2.75, 3.05) is 53.0 Å². The molecule has 2 amide bonds. The summed E-state index contributed by atoms with van der Waals surface area (Å²) in [5.41, 5.74) is -4.17. The van der Waals surface area contributed by atoms with Crippen molar-refractivity contribution in [3.8, 4) is 0 Å². The molecule has 3 N–H and O–H groups in total. The SMILES string of the molecule is CCN1C[C@]2(COC(=O)c3ccccc3N3C(=O)C[C@H](C)C3=O)CC[C@H](OC)C34C2[C@@H](OC)[C@](O)(C13)[C@@]1(O)C[C@H](OC)C2C[C@@H]4[C@@H]1[C@H]2OC.[O-][Cl+3]([O-])([O-])O. The number of methoxy groups -OCH3 is 4. The second-order valence-electron chi connectivity index (χ2n) is 16.3. The van der Waals surface area contributed by atoms with Crippen LogP contribution < -0.4 is 18.9 Å². The van der Waals surface area contributed by atoms with Crippen molar-refractivity contribution in [2.24, 2.45) is 40.4 Å². The number of esters is 1. The lowest BCUT2D eigenvalue weighted by atomic mass is 9.42. The van der Waals surface area contributed by atoms with E-state index in [9.17, 15) is 24.6 Å². The number of likely N-dealkylation sites (N-methyl/N-ethyl adjacent to an activating group) is 1. The third-order valence-corrected chi connectivity index (χ3v) is 14.5. The summed E-state index contributed by atoms with van der Waals surface area (Å²) >= 11 is 0. The van der Waals surface area contributed by atoms with E-state index in [0.29, 0.717) is 25.9 Å². The van der Waals surface area contributed by atoms with Gasteiger partial charge in [-0.05, 0) is 43.9 Å². The predicted octanol–water partition coefficient (Wildman–Crippen LogP) is -2.09. The maximum absolute atomic E-state index is 14.1. The minimum atomic E-state index is -4.69. The molecule has 17 heteroatoms. The average molecular weight is 783 g/mol. The van der Waals surface area contributed by atoms with Crippen LogP contribution >= 0.6 is 0 Å². The molecule has 0 radical (unpaired) electrons. The first-order valence-electron chi connectivity index (χ1n) is 18.5. The van der Waals surface area contributed by atoms with E-state index in [1.165, 1.54) is 0 Å². The first-order chi connectivity index (χ1) is 25.4. The highest BCUT2D eigenvalue weighted by molar-refractivity contribution is 6.22. The zero-order valence-electron chi connectivity index (χ0n) is 31.3. The fourth-order valence-electron chi connectivity index (χ4n) is 13.2. The standard InChI is InChI=1S/C37H50N2O10.ClHO4/c1-7-38-17-34(18-49-32(42)20-10-8-9-11-23(20)39-26(40)14-19(2)31(39)41)13-12-25(46-4)36-22-15-21-24(45-3)16-35(43,27(22)28(21)47-5)37(44,33(36)38)30(48-6)29(34)36;2-1(3,4)5/h8-11,19,21-22,24-25,27-30,33,43-44H,7,12-18H2,1-6H3;(H,2,3,4,5)/t19-,21?,22+,24-,25-,27+,28-,29?,30+,33?,34-,35+,36?,37-;/m0./s1. The minimum Gasteiger partial charge on any atom is -0.461 e. The Balaban J connectivity index is 0.000000846. The van der Waals surface area contributed by atoms with Gasteiger partial charge in [0.15, 0.2) is 0 Å². The molecule has 2 aliphatic heterocycles. The van der Waals surface area contributed by atoms with Gasteiger partial charge in [-0.3, -0.25) is 14.5 Å². The van der Waals surface area contributed by atoms with Crippen molar-refractivity contribution in [3.63, 3.8) is 0 Å². The van der Waals surface area contributed by atoms with E-state index in [2.05, 4.69) is 11.8 Å². The summed E-state index contributed by atoms with van der Waals surface area (Å²) in [6.45, 7) is 4.95. The van der Waals surface area contributed by atoms with E-state index in [1.54, 1.807) is 59.6 Å². The number of aliphatic hydroxyl groups is 2. The fourth-order valence-corrected chi connectivity index (χ4v) is 13.2. The minimum absolute atomic E-state index is 0.0358. The van der Waals surface area contributed by atoms with Crippen molar-refractivity contribution in [2.45, 2.75) is 87.6 Å². The normalized spacial score (nSPS) is 44.6.